The van der Waals surface area contributed by atoms with Gasteiger partial charge in [-0.25, -0.2) is 4.98 Å². The van der Waals surface area contributed by atoms with E-state index in [4.69, 9.17) is 8.60 Å². The molecule has 0 atom stereocenters. The molecule has 28 heavy (non-hydrogen) atoms. The Balaban J connectivity index is 1.72. The van der Waals surface area contributed by atoms with Gasteiger partial charge in [-0.2, -0.15) is 8.42 Å². The molecule has 1 fully saturated rings. The molecule has 0 radical (unpaired) electrons. The number of hydrogen-bond donors (Lipinski definition) is 0. The predicted octanol–water partition coefficient (Wildman–Crippen LogP) is 4.33. The van der Waals surface area contributed by atoms with Crippen LogP contribution in [0.2, 0.25) is 0 Å². The predicted molar refractivity (Wildman–Crippen MR) is 104 cm³/mol. The quantitative estimate of drug-likeness (QED) is 0.349. The van der Waals surface area contributed by atoms with E-state index in [-0.39, 0.29) is 28.1 Å². The molecular formula is C21H19NO5S. The molecule has 6 nitrogen and oxygen atoms in total. The first-order valence-corrected chi connectivity index (χ1v) is 10.5. The van der Waals surface area contributed by atoms with Crippen LogP contribution >= 0.6 is 0 Å². The van der Waals surface area contributed by atoms with Crippen LogP contribution in [-0.4, -0.2) is 19.2 Å². The molecule has 0 amide bonds. The summed E-state index contributed by atoms with van der Waals surface area (Å²) in [6, 6.07) is 14.9. The molecule has 4 rings (SSSR count). The van der Waals surface area contributed by atoms with Gasteiger partial charge in [0.1, 0.15) is 22.2 Å². The first-order valence-electron chi connectivity index (χ1n) is 9.13. The molecule has 0 spiro atoms. The van der Waals surface area contributed by atoms with Crippen molar-refractivity contribution in [2.24, 2.45) is 5.92 Å². The maximum absolute atomic E-state index is 13.0. The number of Topliss-reactive ketones (excluding diaryl/α,β-unsaturated/α-hetero) is 1. The molecule has 1 saturated carbocycles. The van der Waals surface area contributed by atoms with E-state index in [9.17, 15) is 13.2 Å². The third-order valence-corrected chi connectivity index (χ3v) is 6.04. The van der Waals surface area contributed by atoms with Crippen LogP contribution < -0.4 is 0 Å². The van der Waals surface area contributed by atoms with Gasteiger partial charge in [0.05, 0.1) is 0 Å². The zero-order chi connectivity index (χ0) is 19.6. The fourth-order valence-electron chi connectivity index (χ4n) is 3.36. The van der Waals surface area contributed by atoms with E-state index >= 15 is 0 Å². The lowest BCUT2D eigenvalue weighted by atomic mass is 9.97. The number of benzene rings is 2. The number of oxazole rings is 1. The number of nitrogens with zero attached hydrogens (tertiary/aromatic N) is 1. The smallest absolute Gasteiger partial charge is 0.338 e. The Kier molecular flexibility index (Phi) is 5.00. The normalized spacial score (nSPS) is 15.8. The van der Waals surface area contributed by atoms with Crippen molar-refractivity contribution in [3.05, 3.63) is 66.8 Å². The number of aromatic nitrogens is 1. The summed E-state index contributed by atoms with van der Waals surface area (Å²) < 4.78 is 35.7. The lowest BCUT2D eigenvalue weighted by Crippen LogP contribution is -2.14. The Bertz CT molecular complexity index is 1090. The molecule has 0 aliphatic heterocycles. The summed E-state index contributed by atoms with van der Waals surface area (Å²) in [6.07, 6.45) is 4.44. The van der Waals surface area contributed by atoms with Crippen LogP contribution in [0.4, 0.5) is 0 Å². The molecule has 0 saturated heterocycles. The number of rotatable bonds is 6. The maximum atomic E-state index is 13.0. The van der Waals surface area contributed by atoms with Gasteiger partial charge in [-0.15, -0.1) is 0 Å². The molecule has 7 heteroatoms. The van der Waals surface area contributed by atoms with Crippen molar-refractivity contribution in [1.82, 2.24) is 4.98 Å². The van der Waals surface area contributed by atoms with Crippen LogP contribution in [-0.2, 0) is 19.1 Å². The van der Waals surface area contributed by atoms with Crippen LogP contribution in [0.15, 0.2) is 70.2 Å². The Morgan fingerprint density at radius 3 is 2.43 bits per heavy atom. The topological polar surface area (TPSA) is 86.5 Å². The Morgan fingerprint density at radius 2 is 1.71 bits per heavy atom. The van der Waals surface area contributed by atoms with Gasteiger partial charge in [0.15, 0.2) is 11.4 Å². The minimum Gasteiger partial charge on any atom is -0.436 e. The van der Waals surface area contributed by atoms with Crippen LogP contribution in [0.5, 0.6) is 0 Å². The van der Waals surface area contributed by atoms with Crippen LogP contribution in [0.3, 0.4) is 0 Å². The summed E-state index contributed by atoms with van der Waals surface area (Å²) in [4.78, 5) is 17.4. The Morgan fingerprint density at radius 1 is 1.04 bits per heavy atom. The zero-order valence-electron chi connectivity index (χ0n) is 15.1. The van der Waals surface area contributed by atoms with Crippen molar-refractivity contribution in [3.63, 3.8) is 0 Å². The van der Waals surface area contributed by atoms with Gasteiger partial charge in [0, 0.05) is 5.92 Å². The molecule has 2 aromatic carbocycles. The molecule has 1 aliphatic rings. The van der Waals surface area contributed by atoms with Gasteiger partial charge >= 0.3 is 10.1 Å². The lowest BCUT2D eigenvalue weighted by Gasteiger charge is -2.10. The van der Waals surface area contributed by atoms with Gasteiger partial charge in [0.25, 0.3) is 0 Å². The molecule has 1 aromatic heterocycles. The van der Waals surface area contributed by atoms with E-state index in [0.29, 0.717) is 11.1 Å². The summed E-state index contributed by atoms with van der Waals surface area (Å²) in [5.41, 5.74) is 1.16. The number of hydrogen-bond acceptors (Lipinski definition) is 6. The van der Waals surface area contributed by atoms with E-state index in [2.05, 4.69) is 4.98 Å². The second-order valence-corrected chi connectivity index (χ2v) is 8.30. The van der Waals surface area contributed by atoms with Crippen molar-refractivity contribution >= 4 is 32.6 Å². The number of allylic oxidation sites excluding steroid dienone is 1. The van der Waals surface area contributed by atoms with E-state index in [1.807, 2.05) is 6.07 Å². The average molecular weight is 397 g/mol. The molecule has 3 aromatic rings. The molecule has 0 N–H and O–H groups in total. The fraction of sp³-hybridized carbons (Fsp3) is 0.238. The van der Waals surface area contributed by atoms with Gasteiger partial charge in [-0.05, 0) is 37.1 Å². The standard InChI is InChI=1S/C21H19NO5S/c23-20(15-8-4-5-9-15)17(21-22-18-12-6-7-13-19(18)27-21)14-26-28(24,25)16-10-2-1-3-11-16/h1-3,6-7,10-15H,4-5,8-9H2/b17-14+. The number of fused-ring (bicyclic) bond motifs is 1. The van der Waals surface area contributed by atoms with E-state index < -0.39 is 10.1 Å². The molecule has 1 heterocycles. The summed E-state index contributed by atoms with van der Waals surface area (Å²) >= 11 is 0. The largest absolute Gasteiger partial charge is 0.436 e. The monoisotopic (exact) mass is 397 g/mol. The van der Waals surface area contributed by atoms with E-state index in [1.165, 1.54) is 12.1 Å². The van der Waals surface area contributed by atoms with Crippen LogP contribution in [0.1, 0.15) is 31.6 Å². The van der Waals surface area contributed by atoms with Crippen molar-refractivity contribution in [2.75, 3.05) is 0 Å². The van der Waals surface area contributed by atoms with Crippen molar-refractivity contribution in [1.29, 1.82) is 0 Å². The van der Waals surface area contributed by atoms with Crippen LogP contribution in [0, 0.1) is 5.92 Å². The first-order chi connectivity index (χ1) is 13.5. The van der Waals surface area contributed by atoms with E-state index in [1.54, 1.807) is 36.4 Å². The summed E-state index contributed by atoms with van der Waals surface area (Å²) in [5, 5.41) is 0. The second kappa shape index (κ2) is 7.59. The first kappa shape index (κ1) is 18.4. The number of para-hydroxylation sites is 2. The fourth-order valence-corrected chi connectivity index (χ4v) is 4.19. The number of carbonyl (C=O) groups is 1. The lowest BCUT2D eigenvalue weighted by molar-refractivity contribution is -0.117. The van der Waals surface area contributed by atoms with Gasteiger partial charge in [-0.3, -0.25) is 4.79 Å². The Labute approximate surface area is 163 Å². The third kappa shape index (κ3) is 3.71. The SMILES string of the molecule is O=C(/C(=C\OS(=O)(=O)c1ccccc1)c1nc2ccccc2o1)C1CCCC1. The number of ketones is 1. The minimum atomic E-state index is -4.05. The summed E-state index contributed by atoms with van der Waals surface area (Å²) in [7, 11) is -4.05. The average Bonchev–Trinajstić information content (AvgIpc) is 3.38. The molecular weight excluding hydrogens is 378 g/mol. The maximum Gasteiger partial charge on any atom is 0.338 e. The minimum absolute atomic E-state index is 0.0106. The number of carbonyl (C=O) groups excluding carboxylic acids is 1. The van der Waals surface area contributed by atoms with Crippen molar-refractivity contribution < 1.29 is 21.8 Å². The van der Waals surface area contributed by atoms with Crippen molar-refractivity contribution in [3.8, 4) is 0 Å². The highest BCUT2D eigenvalue weighted by molar-refractivity contribution is 7.86. The molecule has 0 unspecified atom stereocenters. The van der Waals surface area contributed by atoms with E-state index in [0.717, 1.165) is 31.9 Å². The molecule has 1 aliphatic carbocycles. The van der Waals surface area contributed by atoms with Gasteiger partial charge in [-0.1, -0.05) is 43.2 Å². The summed E-state index contributed by atoms with van der Waals surface area (Å²) in [5.74, 6) is -0.307. The zero-order valence-corrected chi connectivity index (χ0v) is 15.9. The van der Waals surface area contributed by atoms with Crippen LogP contribution in [0.25, 0.3) is 16.7 Å². The highest BCUT2D eigenvalue weighted by atomic mass is 32.2. The second-order valence-electron chi connectivity index (χ2n) is 6.73. The summed E-state index contributed by atoms with van der Waals surface area (Å²) in [6.45, 7) is 0. The molecule has 0 bridgehead atoms. The Hall–Kier alpha value is -2.93. The van der Waals surface area contributed by atoms with Gasteiger partial charge < -0.3 is 8.60 Å². The third-order valence-electron chi connectivity index (χ3n) is 4.84. The van der Waals surface area contributed by atoms with Gasteiger partial charge in [0.2, 0.25) is 5.89 Å². The molecule has 144 valence electrons. The highest BCUT2D eigenvalue weighted by Crippen LogP contribution is 2.32. The highest BCUT2D eigenvalue weighted by Gasteiger charge is 2.30. The van der Waals surface area contributed by atoms with Crippen molar-refractivity contribution in [2.45, 2.75) is 30.6 Å².